The van der Waals surface area contributed by atoms with Gasteiger partial charge < -0.3 is 15.4 Å². The van der Waals surface area contributed by atoms with Gasteiger partial charge in [0.1, 0.15) is 10.8 Å². The monoisotopic (exact) mass is 332 g/mol. The van der Waals surface area contributed by atoms with E-state index in [1.807, 2.05) is 18.3 Å². The van der Waals surface area contributed by atoms with Crippen LogP contribution in [0.1, 0.15) is 21.9 Å². The first kappa shape index (κ1) is 17.3. The number of hydrogen-bond donors (Lipinski definition) is 2. The number of guanidine groups is 1. The Kier molecular flexibility index (Phi) is 6.87. The fourth-order valence-corrected chi connectivity index (χ4v) is 2.88. The highest BCUT2D eigenvalue weighted by Crippen LogP contribution is 2.12. The summed E-state index contributed by atoms with van der Waals surface area (Å²) < 4.78 is 5.17. The van der Waals surface area contributed by atoms with E-state index in [1.165, 1.54) is 10.4 Å². The molecule has 6 heteroatoms. The van der Waals surface area contributed by atoms with E-state index in [4.69, 9.17) is 4.74 Å². The van der Waals surface area contributed by atoms with Crippen LogP contribution in [0.15, 0.2) is 35.5 Å². The Morgan fingerprint density at radius 3 is 2.65 bits per heavy atom. The highest BCUT2D eigenvalue weighted by atomic mass is 32.1. The van der Waals surface area contributed by atoms with Gasteiger partial charge in [0.15, 0.2) is 5.96 Å². The van der Waals surface area contributed by atoms with Crippen molar-refractivity contribution in [2.75, 3.05) is 20.7 Å². The average Bonchev–Trinajstić information content (AvgIpc) is 3.00. The zero-order valence-electron chi connectivity index (χ0n) is 13.9. The minimum atomic E-state index is 0.705. The molecule has 0 saturated heterocycles. The molecule has 2 rings (SSSR count). The van der Waals surface area contributed by atoms with E-state index in [-0.39, 0.29) is 0 Å². The zero-order valence-corrected chi connectivity index (χ0v) is 14.7. The molecule has 0 bridgehead atoms. The van der Waals surface area contributed by atoms with Crippen LogP contribution in [0.3, 0.4) is 0 Å². The molecule has 0 aliphatic carbocycles. The van der Waals surface area contributed by atoms with E-state index in [0.29, 0.717) is 6.54 Å². The minimum Gasteiger partial charge on any atom is -0.497 e. The number of hydrogen-bond acceptors (Lipinski definition) is 4. The largest absolute Gasteiger partial charge is 0.497 e. The van der Waals surface area contributed by atoms with E-state index >= 15 is 0 Å². The van der Waals surface area contributed by atoms with Gasteiger partial charge in [-0.25, -0.2) is 4.98 Å². The van der Waals surface area contributed by atoms with Crippen LogP contribution in [0.4, 0.5) is 0 Å². The number of aliphatic imine (C=N–C) groups is 1. The lowest BCUT2D eigenvalue weighted by Crippen LogP contribution is -2.37. The summed E-state index contributed by atoms with van der Waals surface area (Å²) in [5.74, 6) is 1.71. The van der Waals surface area contributed by atoms with Crippen LogP contribution in [0.5, 0.6) is 5.75 Å². The molecule has 0 unspecified atom stereocenters. The van der Waals surface area contributed by atoms with Gasteiger partial charge in [-0.2, -0.15) is 0 Å². The van der Waals surface area contributed by atoms with Crippen LogP contribution in [0.25, 0.3) is 0 Å². The van der Waals surface area contributed by atoms with E-state index in [2.05, 4.69) is 39.7 Å². The molecule has 1 aromatic carbocycles. The molecule has 2 aromatic rings. The van der Waals surface area contributed by atoms with Crippen molar-refractivity contribution in [2.45, 2.75) is 26.3 Å². The van der Waals surface area contributed by atoms with Crippen molar-refractivity contribution < 1.29 is 4.74 Å². The molecule has 1 aromatic heterocycles. The van der Waals surface area contributed by atoms with Crippen molar-refractivity contribution in [3.05, 3.63) is 45.9 Å². The predicted octanol–water partition coefficient (Wildman–Crippen LogP) is 2.76. The third-order valence-electron chi connectivity index (χ3n) is 3.39. The van der Waals surface area contributed by atoms with Gasteiger partial charge in [0, 0.05) is 24.7 Å². The van der Waals surface area contributed by atoms with Crippen LogP contribution in [0, 0.1) is 6.92 Å². The molecule has 0 fully saturated rings. The fourth-order valence-electron chi connectivity index (χ4n) is 2.15. The average molecular weight is 332 g/mol. The number of ether oxygens (including phenoxy) is 1. The van der Waals surface area contributed by atoms with Gasteiger partial charge in [-0.05, 0) is 37.5 Å². The highest BCUT2D eigenvalue weighted by Gasteiger charge is 2.01. The van der Waals surface area contributed by atoms with Gasteiger partial charge in [-0.15, -0.1) is 11.3 Å². The summed E-state index contributed by atoms with van der Waals surface area (Å²) in [6, 6.07) is 8.21. The summed E-state index contributed by atoms with van der Waals surface area (Å²) >= 11 is 1.70. The summed E-state index contributed by atoms with van der Waals surface area (Å²) in [7, 11) is 3.47. The summed E-state index contributed by atoms with van der Waals surface area (Å²) in [5, 5.41) is 7.69. The third kappa shape index (κ3) is 5.90. The second kappa shape index (κ2) is 9.15. The zero-order chi connectivity index (χ0) is 16.5. The Bertz CT molecular complexity index is 622. The minimum absolute atomic E-state index is 0.705. The summed E-state index contributed by atoms with van der Waals surface area (Å²) in [4.78, 5) is 9.79. The number of nitrogens with one attached hydrogen (secondary N) is 2. The SMILES string of the molecule is CN=C(NCCCc1ccc(OC)cc1)NCc1ncc(C)s1. The van der Waals surface area contributed by atoms with Crippen molar-refractivity contribution in [3.8, 4) is 5.75 Å². The van der Waals surface area contributed by atoms with Gasteiger partial charge in [-0.1, -0.05) is 12.1 Å². The number of nitrogens with zero attached hydrogens (tertiary/aromatic N) is 2. The van der Waals surface area contributed by atoms with Crippen molar-refractivity contribution >= 4 is 17.3 Å². The first-order valence-corrected chi connectivity index (χ1v) is 8.51. The standard InChI is InChI=1S/C17H24N4OS/c1-13-11-20-16(23-13)12-21-17(18-2)19-10-4-5-14-6-8-15(22-3)9-7-14/h6-9,11H,4-5,10,12H2,1-3H3,(H2,18,19,21). The quantitative estimate of drug-likeness (QED) is 0.465. The lowest BCUT2D eigenvalue weighted by molar-refractivity contribution is 0.414. The van der Waals surface area contributed by atoms with E-state index in [1.54, 1.807) is 25.5 Å². The lowest BCUT2D eigenvalue weighted by atomic mass is 10.1. The molecule has 0 spiro atoms. The summed E-state index contributed by atoms with van der Waals surface area (Å²) in [6.07, 6.45) is 3.97. The van der Waals surface area contributed by atoms with Gasteiger partial charge in [-0.3, -0.25) is 4.99 Å². The fraction of sp³-hybridized carbons (Fsp3) is 0.412. The number of thiazole rings is 1. The van der Waals surface area contributed by atoms with Crippen molar-refractivity contribution in [2.24, 2.45) is 4.99 Å². The smallest absolute Gasteiger partial charge is 0.191 e. The molecular weight excluding hydrogens is 308 g/mol. The Labute approximate surface area is 141 Å². The molecule has 1 heterocycles. The van der Waals surface area contributed by atoms with E-state index < -0.39 is 0 Å². The van der Waals surface area contributed by atoms with Crippen LogP contribution >= 0.6 is 11.3 Å². The first-order valence-electron chi connectivity index (χ1n) is 7.70. The second-order valence-electron chi connectivity index (χ2n) is 5.17. The van der Waals surface area contributed by atoms with Crippen LogP contribution < -0.4 is 15.4 Å². The Morgan fingerprint density at radius 2 is 2.04 bits per heavy atom. The topological polar surface area (TPSA) is 58.5 Å². The lowest BCUT2D eigenvalue weighted by Gasteiger charge is -2.11. The number of benzene rings is 1. The maximum atomic E-state index is 5.17. The maximum absolute atomic E-state index is 5.17. The highest BCUT2D eigenvalue weighted by molar-refractivity contribution is 7.11. The normalized spacial score (nSPS) is 11.3. The number of aryl methyl sites for hydroxylation is 2. The van der Waals surface area contributed by atoms with Crippen molar-refractivity contribution in [3.63, 3.8) is 0 Å². The molecule has 124 valence electrons. The predicted molar refractivity (Wildman–Crippen MR) is 96.4 cm³/mol. The van der Waals surface area contributed by atoms with Gasteiger partial charge >= 0.3 is 0 Å². The summed E-state index contributed by atoms with van der Waals surface area (Å²) in [5.41, 5.74) is 1.31. The van der Waals surface area contributed by atoms with E-state index in [0.717, 1.165) is 36.1 Å². The molecule has 0 amide bonds. The molecule has 23 heavy (non-hydrogen) atoms. The van der Waals surface area contributed by atoms with E-state index in [9.17, 15) is 0 Å². The number of aromatic nitrogens is 1. The second-order valence-corrected chi connectivity index (χ2v) is 6.49. The molecule has 0 aliphatic rings. The molecule has 0 atom stereocenters. The molecule has 5 nitrogen and oxygen atoms in total. The first-order chi connectivity index (χ1) is 11.2. The van der Waals surface area contributed by atoms with Crippen LogP contribution in [-0.2, 0) is 13.0 Å². The Morgan fingerprint density at radius 1 is 1.26 bits per heavy atom. The summed E-state index contributed by atoms with van der Waals surface area (Å²) in [6.45, 7) is 3.65. The molecule has 0 radical (unpaired) electrons. The Hall–Kier alpha value is -2.08. The van der Waals surface area contributed by atoms with Crippen LogP contribution in [0.2, 0.25) is 0 Å². The molecule has 0 aliphatic heterocycles. The molecule has 2 N–H and O–H groups in total. The molecule has 0 saturated carbocycles. The van der Waals surface area contributed by atoms with Crippen LogP contribution in [-0.4, -0.2) is 31.6 Å². The number of methoxy groups -OCH3 is 1. The Balaban J connectivity index is 1.67. The van der Waals surface area contributed by atoms with Gasteiger partial charge in [0.25, 0.3) is 0 Å². The van der Waals surface area contributed by atoms with Gasteiger partial charge in [0.2, 0.25) is 0 Å². The van der Waals surface area contributed by atoms with Crippen molar-refractivity contribution in [1.82, 2.24) is 15.6 Å². The number of rotatable bonds is 7. The molecular formula is C17H24N4OS. The van der Waals surface area contributed by atoms with Gasteiger partial charge in [0.05, 0.1) is 13.7 Å². The third-order valence-corrected chi connectivity index (χ3v) is 4.31. The maximum Gasteiger partial charge on any atom is 0.191 e. The van der Waals surface area contributed by atoms with Crippen molar-refractivity contribution in [1.29, 1.82) is 0 Å².